The molecule has 0 aliphatic carbocycles. The van der Waals surface area contributed by atoms with E-state index < -0.39 is 10.0 Å². The number of para-hydroxylation sites is 1. The summed E-state index contributed by atoms with van der Waals surface area (Å²) in [6.45, 7) is 7.38. The first kappa shape index (κ1) is 22.2. The predicted molar refractivity (Wildman–Crippen MR) is 129 cm³/mol. The van der Waals surface area contributed by atoms with Gasteiger partial charge < -0.3 is 15.2 Å². The van der Waals surface area contributed by atoms with E-state index in [1.807, 2.05) is 38.1 Å². The summed E-state index contributed by atoms with van der Waals surface area (Å²) in [4.78, 5) is 12.3. The molecule has 1 heterocycles. The highest BCUT2D eigenvalue weighted by atomic mass is 32.2. The van der Waals surface area contributed by atoms with Crippen molar-refractivity contribution in [1.82, 2.24) is 4.57 Å². The van der Waals surface area contributed by atoms with Gasteiger partial charge in [0.25, 0.3) is 15.6 Å². The number of hydrogen-bond donors (Lipinski definition) is 3. The average molecular weight is 439 g/mol. The first-order valence-corrected chi connectivity index (χ1v) is 11.2. The van der Waals surface area contributed by atoms with Gasteiger partial charge in [-0.05, 0) is 49.2 Å². The van der Waals surface area contributed by atoms with Gasteiger partial charge in [-0.1, -0.05) is 24.8 Å². The number of rotatable bonds is 7. The third-order valence-electron chi connectivity index (χ3n) is 5.00. The summed E-state index contributed by atoms with van der Waals surface area (Å²) < 4.78 is 27.9. The van der Waals surface area contributed by atoms with Gasteiger partial charge in [-0.15, -0.1) is 0 Å². The summed E-state index contributed by atoms with van der Waals surface area (Å²) >= 11 is 0. The Hall–Kier alpha value is -3.52. The van der Waals surface area contributed by atoms with Crippen LogP contribution in [0.15, 0.2) is 65.4 Å². The van der Waals surface area contributed by atoms with Gasteiger partial charge >= 0.3 is 0 Å². The molecule has 0 bridgehead atoms. The van der Waals surface area contributed by atoms with Crippen molar-refractivity contribution in [1.29, 1.82) is 0 Å². The molecule has 162 valence electrons. The second kappa shape index (κ2) is 8.69. The van der Waals surface area contributed by atoms with Crippen molar-refractivity contribution >= 4 is 32.8 Å². The van der Waals surface area contributed by atoms with Gasteiger partial charge in [0.2, 0.25) is 0 Å². The van der Waals surface area contributed by atoms with Crippen molar-refractivity contribution in [2.75, 3.05) is 22.4 Å². The van der Waals surface area contributed by atoms with Crippen LogP contribution < -0.4 is 20.9 Å². The molecule has 0 saturated carbocycles. The fourth-order valence-electron chi connectivity index (χ4n) is 3.35. The van der Waals surface area contributed by atoms with E-state index in [2.05, 4.69) is 21.9 Å². The lowest BCUT2D eigenvalue weighted by atomic mass is 10.0. The summed E-state index contributed by atoms with van der Waals surface area (Å²) in [5.41, 5.74) is 6.08. The Kier molecular flexibility index (Phi) is 6.21. The first-order valence-electron chi connectivity index (χ1n) is 9.66. The number of hydrogen-bond acceptors (Lipinski definition) is 5. The Morgan fingerprint density at radius 3 is 2.32 bits per heavy atom. The second-order valence-corrected chi connectivity index (χ2v) is 8.90. The number of nitrogens with one attached hydrogen (secondary N) is 3. The van der Waals surface area contributed by atoms with Crippen molar-refractivity contribution in [3.63, 3.8) is 0 Å². The van der Waals surface area contributed by atoms with Crippen LogP contribution >= 0.6 is 0 Å². The highest BCUT2D eigenvalue weighted by molar-refractivity contribution is 7.95. The van der Waals surface area contributed by atoms with E-state index in [1.165, 1.54) is 4.57 Å². The quantitative estimate of drug-likeness (QED) is 0.510. The van der Waals surface area contributed by atoms with Crippen LogP contribution in [0.1, 0.15) is 11.1 Å². The molecule has 0 amide bonds. The molecule has 3 aromatic rings. The van der Waals surface area contributed by atoms with Crippen LogP contribution in [-0.2, 0) is 17.1 Å². The second-order valence-electron chi connectivity index (χ2n) is 7.27. The molecule has 1 aromatic heterocycles. The van der Waals surface area contributed by atoms with Gasteiger partial charge in [0.1, 0.15) is 5.69 Å². The van der Waals surface area contributed by atoms with Crippen LogP contribution in [0.2, 0.25) is 0 Å². The Labute approximate surface area is 182 Å². The van der Waals surface area contributed by atoms with Gasteiger partial charge in [0.05, 0.1) is 0 Å². The Morgan fingerprint density at radius 1 is 1.03 bits per heavy atom. The first-order chi connectivity index (χ1) is 14.6. The van der Waals surface area contributed by atoms with Gasteiger partial charge in [-0.3, -0.25) is 9.52 Å². The van der Waals surface area contributed by atoms with Crippen molar-refractivity contribution in [3.8, 4) is 11.1 Å². The van der Waals surface area contributed by atoms with Crippen molar-refractivity contribution < 1.29 is 8.42 Å². The minimum atomic E-state index is -3.66. The lowest BCUT2D eigenvalue weighted by Gasteiger charge is -2.18. The highest BCUT2D eigenvalue weighted by Crippen LogP contribution is 2.35. The van der Waals surface area contributed by atoms with Crippen LogP contribution in [0.4, 0.5) is 22.7 Å². The van der Waals surface area contributed by atoms with Crippen LogP contribution in [0.25, 0.3) is 11.1 Å². The molecule has 7 nitrogen and oxygen atoms in total. The summed E-state index contributed by atoms with van der Waals surface area (Å²) in [5.74, 6) is 0. The lowest BCUT2D eigenvalue weighted by molar-refractivity contribution is 0.609. The molecular formula is C23H26N4O3S. The van der Waals surface area contributed by atoms with Crippen molar-refractivity contribution in [2.24, 2.45) is 7.05 Å². The molecule has 0 radical (unpaired) electrons. The van der Waals surface area contributed by atoms with Crippen LogP contribution in [0, 0.1) is 13.8 Å². The summed E-state index contributed by atoms with van der Waals surface area (Å²) in [6, 6.07) is 13.0. The maximum absolute atomic E-state index is 12.3. The molecule has 0 spiro atoms. The molecule has 3 N–H and O–H groups in total. The molecule has 3 rings (SSSR count). The number of benzene rings is 2. The fraction of sp³-hybridized carbons (Fsp3) is 0.174. The topological polar surface area (TPSA) is 92.2 Å². The predicted octanol–water partition coefficient (Wildman–Crippen LogP) is 4.34. The number of sulfonamides is 1. The number of anilines is 4. The zero-order valence-corrected chi connectivity index (χ0v) is 18.8. The van der Waals surface area contributed by atoms with E-state index in [4.69, 9.17) is 0 Å². The molecule has 0 saturated heterocycles. The minimum Gasteiger partial charge on any atom is -0.384 e. The smallest absolute Gasteiger partial charge is 0.273 e. The molecular weight excluding hydrogens is 412 g/mol. The Morgan fingerprint density at radius 2 is 1.71 bits per heavy atom. The zero-order chi connectivity index (χ0) is 22.8. The number of aromatic nitrogens is 1. The molecule has 0 aliphatic heterocycles. The maximum atomic E-state index is 12.3. The van der Waals surface area contributed by atoms with E-state index in [-0.39, 0.29) is 5.56 Å². The molecule has 0 atom stereocenters. The number of pyridine rings is 1. The third-order valence-corrected chi connectivity index (χ3v) is 5.96. The van der Waals surface area contributed by atoms with Crippen LogP contribution in [0.5, 0.6) is 0 Å². The van der Waals surface area contributed by atoms with Crippen LogP contribution in [0.3, 0.4) is 0 Å². The number of nitrogens with zero attached hydrogens (tertiary/aromatic N) is 1. The average Bonchev–Trinajstić information content (AvgIpc) is 2.73. The van der Waals surface area contributed by atoms with E-state index in [0.29, 0.717) is 11.4 Å². The molecule has 0 aliphatic rings. The third kappa shape index (κ3) is 4.80. The molecule has 0 unspecified atom stereocenters. The molecule has 0 fully saturated rings. The monoisotopic (exact) mass is 438 g/mol. The minimum absolute atomic E-state index is 0.154. The van der Waals surface area contributed by atoms with Crippen LogP contribution in [-0.4, -0.2) is 20.0 Å². The van der Waals surface area contributed by atoms with Gasteiger partial charge in [0, 0.05) is 53.9 Å². The molecule has 8 heteroatoms. The standard InChI is InChI=1S/C23H26N4O3S/c1-6-31(29,30)26-18-10-11-20(25-22-15(2)8-7-9-16(22)3)19(13-18)17-12-21(24-4)23(28)27(5)14-17/h6-14,24-26H,1H2,2-5H3. The van der Waals surface area contributed by atoms with E-state index >= 15 is 0 Å². The largest absolute Gasteiger partial charge is 0.384 e. The lowest BCUT2D eigenvalue weighted by Crippen LogP contribution is -2.19. The summed E-state index contributed by atoms with van der Waals surface area (Å²) in [6.07, 6.45) is 1.72. The van der Waals surface area contributed by atoms with E-state index in [0.717, 1.165) is 39.0 Å². The SMILES string of the molecule is C=CS(=O)(=O)Nc1ccc(Nc2c(C)cccc2C)c(-c2cc(NC)c(=O)n(C)c2)c1. The maximum Gasteiger partial charge on any atom is 0.273 e. The van der Waals surface area contributed by atoms with E-state index in [1.54, 1.807) is 38.5 Å². The van der Waals surface area contributed by atoms with Crippen molar-refractivity contribution in [2.45, 2.75) is 13.8 Å². The zero-order valence-electron chi connectivity index (χ0n) is 18.0. The number of aryl methyl sites for hydroxylation is 3. The van der Waals surface area contributed by atoms with Gasteiger partial charge in [0.15, 0.2) is 0 Å². The van der Waals surface area contributed by atoms with Gasteiger partial charge in [-0.25, -0.2) is 8.42 Å². The summed E-state index contributed by atoms with van der Waals surface area (Å²) in [5, 5.41) is 7.26. The normalized spacial score (nSPS) is 11.1. The Balaban J connectivity index is 2.21. The molecule has 31 heavy (non-hydrogen) atoms. The fourth-order valence-corrected chi connectivity index (χ4v) is 3.88. The highest BCUT2D eigenvalue weighted by Gasteiger charge is 2.14. The molecule has 2 aromatic carbocycles. The van der Waals surface area contributed by atoms with Crippen molar-refractivity contribution in [3.05, 3.63) is 82.1 Å². The van der Waals surface area contributed by atoms with E-state index in [9.17, 15) is 13.2 Å². The summed E-state index contributed by atoms with van der Waals surface area (Å²) in [7, 11) is -0.297. The Bertz CT molecular complexity index is 1290. The van der Waals surface area contributed by atoms with Gasteiger partial charge in [-0.2, -0.15) is 0 Å².